The van der Waals surface area contributed by atoms with E-state index in [1.807, 2.05) is 6.07 Å². The Morgan fingerprint density at radius 1 is 1.19 bits per heavy atom. The van der Waals surface area contributed by atoms with Crippen LogP contribution in [0.3, 0.4) is 0 Å². The summed E-state index contributed by atoms with van der Waals surface area (Å²) in [5, 5.41) is 21.2. The number of aromatic nitrogens is 3. The topological polar surface area (TPSA) is 126 Å². The number of aromatic hydroxyl groups is 1. The Bertz CT molecular complexity index is 1630. The first-order valence-corrected chi connectivity index (χ1v) is 14.2. The van der Waals surface area contributed by atoms with Gasteiger partial charge in [0.15, 0.2) is 5.75 Å². The van der Waals surface area contributed by atoms with Crippen molar-refractivity contribution in [3.8, 4) is 22.8 Å². The number of ether oxygens (including phenoxy) is 2. The summed E-state index contributed by atoms with van der Waals surface area (Å²) in [5.74, 6) is 0.469. The highest BCUT2D eigenvalue weighted by molar-refractivity contribution is 6.01. The summed E-state index contributed by atoms with van der Waals surface area (Å²) in [5.41, 5.74) is 5.62. The van der Waals surface area contributed by atoms with Gasteiger partial charge in [0.25, 0.3) is 0 Å². The first-order valence-electron chi connectivity index (χ1n) is 14.2. The Balaban J connectivity index is 1.30. The minimum Gasteiger partial charge on any atom is -0.504 e. The molecule has 0 radical (unpaired) electrons. The molecule has 0 saturated carbocycles. The van der Waals surface area contributed by atoms with Gasteiger partial charge in [-0.05, 0) is 30.5 Å². The van der Waals surface area contributed by atoms with E-state index < -0.39 is 0 Å². The van der Waals surface area contributed by atoms with E-state index >= 15 is 0 Å². The highest BCUT2D eigenvalue weighted by Gasteiger charge is 2.21. The van der Waals surface area contributed by atoms with Gasteiger partial charge in [-0.2, -0.15) is 0 Å². The maximum absolute atomic E-state index is 12.3. The van der Waals surface area contributed by atoms with Crippen molar-refractivity contribution in [1.82, 2.24) is 19.4 Å². The summed E-state index contributed by atoms with van der Waals surface area (Å²) in [4.78, 5) is 23.6. The summed E-state index contributed by atoms with van der Waals surface area (Å²) in [6.07, 6.45) is 6.79. The zero-order chi connectivity index (χ0) is 29.1. The van der Waals surface area contributed by atoms with E-state index in [1.165, 1.54) is 23.4 Å². The van der Waals surface area contributed by atoms with Gasteiger partial charge in [0.1, 0.15) is 18.1 Å². The average Bonchev–Trinajstić information content (AvgIpc) is 3.39. The van der Waals surface area contributed by atoms with Gasteiger partial charge in [0.2, 0.25) is 11.9 Å². The molecule has 0 atom stereocenters. The minimum atomic E-state index is -0.354. The first-order chi connectivity index (χ1) is 20.5. The lowest BCUT2D eigenvalue weighted by Crippen LogP contribution is -2.38. The van der Waals surface area contributed by atoms with E-state index in [9.17, 15) is 9.90 Å². The summed E-state index contributed by atoms with van der Waals surface area (Å²) in [6, 6.07) is 9.87. The van der Waals surface area contributed by atoms with Gasteiger partial charge in [-0.15, -0.1) is 0 Å². The molecule has 218 valence electrons. The number of rotatable bonds is 10. The Morgan fingerprint density at radius 2 is 2.05 bits per heavy atom. The van der Waals surface area contributed by atoms with Crippen LogP contribution in [0.25, 0.3) is 22.2 Å². The van der Waals surface area contributed by atoms with Gasteiger partial charge in [-0.3, -0.25) is 9.69 Å². The predicted octanol–water partition coefficient (Wildman–Crippen LogP) is 4.37. The zero-order valence-corrected chi connectivity index (χ0v) is 23.7. The Morgan fingerprint density at radius 3 is 2.86 bits per heavy atom. The standard InChI is InChI=1S/C31H35N7O4/c1-3-28(40)34-25-16-24(23(32-2)17-27(25)42-15-12-37-10-13-41-14-11-37)35-31-33-18-26(39)29(36-31)22-19-38-9-5-7-20-6-4-8-21(22)30(20)38/h3-4,6,8,16-19,32,39H,1,5,7,9-15H2,2H3,(H,34,40)(H,33,35,36). The van der Waals surface area contributed by atoms with Crippen molar-refractivity contribution in [1.29, 1.82) is 0 Å². The number of carbonyl (C=O) groups is 1. The van der Waals surface area contributed by atoms with Crippen molar-refractivity contribution in [2.45, 2.75) is 19.4 Å². The lowest BCUT2D eigenvalue weighted by atomic mass is 10.0. The number of nitrogens with zero attached hydrogens (tertiary/aromatic N) is 4. The smallest absolute Gasteiger partial charge is 0.247 e. The molecule has 2 aliphatic rings. The average molecular weight is 570 g/mol. The summed E-state index contributed by atoms with van der Waals surface area (Å²) in [6.45, 7) is 8.86. The van der Waals surface area contributed by atoms with Crippen molar-refractivity contribution in [3.05, 3.63) is 60.9 Å². The second kappa shape index (κ2) is 12.1. The molecule has 2 aliphatic heterocycles. The molecule has 4 N–H and O–H groups in total. The van der Waals surface area contributed by atoms with Crippen LogP contribution in [-0.2, 0) is 22.5 Å². The lowest BCUT2D eigenvalue weighted by Gasteiger charge is -2.26. The molecule has 4 heterocycles. The number of anilines is 4. The van der Waals surface area contributed by atoms with Crippen molar-refractivity contribution in [2.75, 3.05) is 62.5 Å². The molecule has 11 nitrogen and oxygen atoms in total. The molecular formula is C31H35N7O4. The number of carbonyl (C=O) groups excluding carboxylic acids is 1. The molecule has 0 spiro atoms. The van der Waals surface area contributed by atoms with Crippen LogP contribution in [0, 0.1) is 0 Å². The van der Waals surface area contributed by atoms with Gasteiger partial charge >= 0.3 is 0 Å². The fraction of sp³-hybridized carbons (Fsp3) is 0.323. The van der Waals surface area contributed by atoms with Crippen LogP contribution in [0.5, 0.6) is 11.5 Å². The van der Waals surface area contributed by atoms with Crippen LogP contribution >= 0.6 is 0 Å². The number of morpholine rings is 1. The molecule has 2 aromatic carbocycles. The molecule has 1 fully saturated rings. The maximum Gasteiger partial charge on any atom is 0.247 e. The van der Waals surface area contributed by atoms with Crippen LogP contribution in [0.15, 0.2) is 55.4 Å². The lowest BCUT2D eigenvalue weighted by molar-refractivity contribution is -0.111. The summed E-state index contributed by atoms with van der Waals surface area (Å²) < 4.78 is 13.8. The van der Waals surface area contributed by atoms with Crippen molar-refractivity contribution < 1.29 is 19.4 Å². The first kappa shape index (κ1) is 27.6. The molecule has 0 unspecified atom stereocenters. The van der Waals surface area contributed by atoms with E-state index in [0.717, 1.165) is 68.9 Å². The highest BCUT2D eigenvalue weighted by Crippen LogP contribution is 2.39. The largest absolute Gasteiger partial charge is 0.504 e. The second-order valence-corrected chi connectivity index (χ2v) is 10.3. The highest BCUT2D eigenvalue weighted by atomic mass is 16.5. The molecule has 11 heteroatoms. The second-order valence-electron chi connectivity index (χ2n) is 10.3. The number of aryl methyl sites for hydroxylation is 2. The number of amides is 1. The van der Waals surface area contributed by atoms with Gasteiger partial charge in [-0.1, -0.05) is 24.8 Å². The third kappa shape index (κ3) is 5.61. The van der Waals surface area contributed by atoms with Crippen molar-refractivity contribution >= 4 is 39.8 Å². The minimum absolute atomic E-state index is 0.000964. The molecule has 1 amide bonds. The Hall–Kier alpha value is -4.61. The van der Waals surface area contributed by atoms with Gasteiger partial charge in [0, 0.05) is 56.4 Å². The van der Waals surface area contributed by atoms with E-state index in [-0.39, 0.29) is 11.7 Å². The van der Waals surface area contributed by atoms with E-state index in [1.54, 1.807) is 13.1 Å². The Labute approximate surface area is 244 Å². The third-order valence-corrected chi connectivity index (χ3v) is 7.70. The number of para-hydroxylation sites is 1. The number of benzene rings is 2. The van der Waals surface area contributed by atoms with Gasteiger partial charge in [0.05, 0.1) is 42.0 Å². The number of hydrogen-bond donors (Lipinski definition) is 4. The van der Waals surface area contributed by atoms with Gasteiger partial charge < -0.3 is 35.1 Å². The number of nitrogens with one attached hydrogen (secondary N) is 3. The van der Waals surface area contributed by atoms with Crippen molar-refractivity contribution in [2.24, 2.45) is 0 Å². The predicted molar refractivity (Wildman–Crippen MR) is 164 cm³/mol. The summed E-state index contributed by atoms with van der Waals surface area (Å²) in [7, 11) is 1.80. The van der Waals surface area contributed by atoms with Crippen LogP contribution in [0.2, 0.25) is 0 Å². The molecular weight excluding hydrogens is 534 g/mol. The molecule has 6 rings (SSSR count). The van der Waals surface area contributed by atoms with Crippen LogP contribution in [0.4, 0.5) is 23.0 Å². The van der Waals surface area contributed by atoms with Crippen LogP contribution in [-0.4, -0.2) is 77.0 Å². The molecule has 4 aromatic rings. The monoisotopic (exact) mass is 569 g/mol. The SMILES string of the molecule is C=CC(=O)Nc1cc(Nc2ncc(O)c(-c3cn4c5c(cccc35)CCC4)n2)c(NC)cc1OCCN1CCOCC1. The molecule has 0 bridgehead atoms. The zero-order valence-electron chi connectivity index (χ0n) is 23.7. The fourth-order valence-electron chi connectivity index (χ4n) is 5.60. The quantitative estimate of drug-likeness (QED) is 0.206. The summed E-state index contributed by atoms with van der Waals surface area (Å²) >= 11 is 0. The van der Waals surface area contributed by atoms with Crippen LogP contribution in [0.1, 0.15) is 12.0 Å². The van der Waals surface area contributed by atoms with E-state index in [2.05, 4.69) is 61.4 Å². The fourth-order valence-corrected chi connectivity index (χ4v) is 5.60. The molecule has 0 aliphatic carbocycles. The molecule has 42 heavy (non-hydrogen) atoms. The maximum atomic E-state index is 12.3. The molecule has 2 aromatic heterocycles. The third-order valence-electron chi connectivity index (χ3n) is 7.70. The van der Waals surface area contributed by atoms with Gasteiger partial charge in [-0.25, -0.2) is 9.97 Å². The van der Waals surface area contributed by atoms with Crippen LogP contribution < -0.4 is 20.7 Å². The molecule has 1 saturated heterocycles. The number of hydrogen-bond acceptors (Lipinski definition) is 9. The van der Waals surface area contributed by atoms with E-state index in [0.29, 0.717) is 35.4 Å². The normalized spacial score (nSPS) is 14.9. The Kier molecular flexibility index (Phi) is 7.93. The van der Waals surface area contributed by atoms with Crippen molar-refractivity contribution in [3.63, 3.8) is 0 Å². The van der Waals surface area contributed by atoms with E-state index in [4.69, 9.17) is 14.5 Å².